The van der Waals surface area contributed by atoms with Gasteiger partial charge in [-0.1, -0.05) is 18.2 Å². The lowest BCUT2D eigenvalue weighted by molar-refractivity contribution is -0.139. The van der Waals surface area contributed by atoms with Gasteiger partial charge in [-0.2, -0.15) is 0 Å². The van der Waals surface area contributed by atoms with Crippen molar-refractivity contribution < 1.29 is 13.9 Å². The summed E-state index contributed by atoms with van der Waals surface area (Å²) in [6, 6.07) is 6.19. The molecule has 0 aliphatic carbocycles. The first-order valence-electron chi connectivity index (χ1n) is 8.27. The number of hydrogen-bond acceptors (Lipinski definition) is 5. The highest BCUT2D eigenvalue weighted by Crippen LogP contribution is 2.36. The van der Waals surface area contributed by atoms with Gasteiger partial charge in [0.25, 0.3) is 0 Å². The highest BCUT2D eigenvalue weighted by Gasteiger charge is 2.31. The van der Waals surface area contributed by atoms with Crippen molar-refractivity contribution in [3.63, 3.8) is 0 Å². The smallest absolute Gasteiger partial charge is 0.249 e. The molecule has 0 saturated carbocycles. The lowest BCUT2D eigenvalue weighted by Gasteiger charge is -2.36. The fourth-order valence-electron chi connectivity index (χ4n) is 3.27. The predicted octanol–water partition coefficient (Wildman–Crippen LogP) is 2.56. The second-order valence-electron chi connectivity index (χ2n) is 6.04. The number of nitrogens with zero attached hydrogens (tertiary/aromatic N) is 3. The number of hydrogen-bond donors (Lipinski definition) is 1. The molecule has 1 aromatic carbocycles. The summed E-state index contributed by atoms with van der Waals surface area (Å²) in [7, 11) is 1.49. The molecule has 3 rings (SSSR count). The van der Waals surface area contributed by atoms with Gasteiger partial charge in [-0.15, -0.1) is 0 Å². The van der Waals surface area contributed by atoms with E-state index in [-0.39, 0.29) is 30.3 Å². The van der Waals surface area contributed by atoms with Crippen molar-refractivity contribution in [2.75, 3.05) is 26.0 Å². The highest BCUT2D eigenvalue weighted by atomic mass is 19.1. The van der Waals surface area contributed by atoms with Crippen LogP contribution >= 0.6 is 0 Å². The number of anilines is 1. The summed E-state index contributed by atoms with van der Waals surface area (Å²) in [5.41, 5.74) is 7.34. The maximum absolute atomic E-state index is 14.3. The molecular formula is C18H21FN4O2. The molecule has 1 aromatic heterocycles. The normalized spacial score (nSPS) is 17.5. The number of aromatic nitrogens is 2. The third-order valence-electron chi connectivity index (χ3n) is 4.41. The molecule has 1 amide bonds. The molecule has 7 heteroatoms. The zero-order chi connectivity index (χ0) is 17.8. The maximum Gasteiger partial charge on any atom is 0.249 e. The molecule has 2 N–H and O–H groups in total. The molecule has 25 heavy (non-hydrogen) atoms. The average Bonchev–Trinajstić information content (AvgIpc) is 2.62. The fourth-order valence-corrected chi connectivity index (χ4v) is 3.27. The summed E-state index contributed by atoms with van der Waals surface area (Å²) in [4.78, 5) is 22.6. The monoisotopic (exact) mass is 344 g/mol. The number of methoxy groups -OCH3 is 1. The minimum atomic E-state index is -0.359. The van der Waals surface area contributed by atoms with E-state index in [0.717, 1.165) is 19.3 Å². The second-order valence-corrected chi connectivity index (χ2v) is 6.04. The number of piperidine rings is 1. The van der Waals surface area contributed by atoms with Crippen molar-refractivity contribution in [2.24, 2.45) is 0 Å². The summed E-state index contributed by atoms with van der Waals surface area (Å²) in [6.07, 6.45) is 4.15. The summed E-state index contributed by atoms with van der Waals surface area (Å²) in [5.74, 6) is -0.355. The maximum atomic E-state index is 14.3. The minimum absolute atomic E-state index is 0.00605. The van der Waals surface area contributed by atoms with Gasteiger partial charge in [-0.3, -0.25) is 4.79 Å². The van der Waals surface area contributed by atoms with E-state index < -0.39 is 0 Å². The summed E-state index contributed by atoms with van der Waals surface area (Å²) >= 11 is 0. The SMILES string of the molecule is COCC(=O)N1CCCC[C@H]1c1nc(N)ncc1-c1ccccc1F. The number of nitrogens with two attached hydrogens (primary N) is 1. The van der Waals surface area contributed by atoms with Gasteiger partial charge in [0.15, 0.2) is 0 Å². The highest BCUT2D eigenvalue weighted by molar-refractivity contribution is 5.78. The van der Waals surface area contributed by atoms with Crippen LogP contribution in [-0.2, 0) is 9.53 Å². The van der Waals surface area contributed by atoms with E-state index in [1.807, 2.05) is 0 Å². The van der Waals surface area contributed by atoms with Gasteiger partial charge in [-0.05, 0) is 25.3 Å². The van der Waals surface area contributed by atoms with Crippen molar-refractivity contribution in [3.8, 4) is 11.1 Å². The molecule has 0 radical (unpaired) electrons. The van der Waals surface area contributed by atoms with Crippen LogP contribution < -0.4 is 5.73 Å². The summed E-state index contributed by atoms with van der Waals surface area (Å²) in [6.45, 7) is 0.625. The zero-order valence-electron chi connectivity index (χ0n) is 14.1. The van der Waals surface area contributed by atoms with Crippen LogP contribution in [0.25, 0.3) is 11.1 Å². The van der Waals surface area contributed by atoms with Crippen molar-refractivity contribution in [3.05, 3.63) is 42.0 Å². The van der Waals surface area contributed by atoms with Crippen LogP contribution in [0.2, 0.25) is 0 Å². The van der Waals surface area contributed by atoms with Crippen LogP contribution in [0.15, 0.2) is 30.5 Å². The molecule has 6 nitrogen and oxygen atoms in total. The van der Waals surface area contributed by atoms with E-state index in [9.17, 15) is 9.18 Å². The Balaban J connectivity index is 2.07. The number of halogens is 1. The molecule has 0 spiro atoms. The van der Waals surface area contributed by atoms with Gasteiger partial charge in [0.1, 0.15) is 12.4 Å². The largest absolute Gasteiger partial charge is 0.375 e. The number of likely N-dealkylation sites (tertiary alicyclic amines) is 1. The Morgan fingerprint density at radius 1 is 1.36 bits per heavy atom. The number of benzene rings is 1. The molecule has 1 fully saturated rings. The zero-order valence-corrected chi connectivity index (χ0v) is 14.1. The average molecular weight is 344 g/mol. The molecule has 0 bridgehead atoms. The van der Waals surface area contributed by atoms with E-state index in [2.05, 4.69) is 9.97 Å². The van der Waals surface area contributed by atoms with Crippen LogP contribution in [0.1, 0.15) is 31.0 Å². The van der Waals surface area contributed by atoms with E-state index in [0.29, 0.717) is 23.4 Å². The van der Waals surface area contributed by atoms with Gasteiger partial charge in [-0.25, -0.2) is 14.4 Å². The van der Waals surface area contributed by atoms with E-state index >= 15 is 0 Å². The number of rotatable bonds is 4. The Morgan fingerprint density at radius 3 is 2.92 bits per heavy atom. The molecule has 1 aliphatic rings. The van der Waals surface area contributed by atoms with Crippen LogP contribution in [0, 0.1) is 5.82 Å². The quantitative estimate of drug-likeness (QED) is 0.922. The number of ether oxygens (including phenoxy) is 1. The van der Waals surface area contributed by atoms with Gasteiger partial charge in [0, 0.05) is 31.0 Å². The molecule has 1 atom stereocenters. The first-order valence-corrected chi connectivity index (χ1v) is 8.27. The lowest BCUT2D eigenvalue weighted by atomic mass is 9.93. The van der Waals surface area contributed by atoms with Crippen LogP contribution in [-0.4, -0.2) is 41.0 Å². The van der Waals surface area contributed by atoms with Gasteiger partial charge in [0.05, 0.1) is 11.7 Å². The van der Waals surface area contributed by atoms with Crippen molar-refractivity contribution >= 4 is 11.9 Å². The Hall–Kier alpha value is -2.54. The van der Waals surface area contributed by atoms with E-state index in [1.165, 1.54) is 19.4 Å². The number of carbonyl (C=O) groups is 1. The molecular weight excluding hydrogens is 323 g/mol. The van der Waals surface area contributed by atoms with Gasteiger partial charge >= 0.3 is 0 Å². The summed E-state index contributed by atoms with van der Waals surface area (Å²) < 4.78 is 19.3. The lowest BCUT2D eigenvalue weighted by Crippen LogP contribution is -2.41. The van der Waals surface area contributed by atoms with Gasteiger partial charge < -0.3 is 15.4 Å². The molecule has 1 aliphatic heterocycles. The first-order chi connectivity index (χ1) is 12.1. The third-order valence-corrected chi connectivity index (χ3v) is 4.41. The third kappa shape index (κ3) is 3.61. The number of nitrogen functional groups attached to an aromatic ring is 1. The standard InChI is InChI=1S/C18H21FN4O2/c1-25-11-16(24)23-9-5-4-8-15(23)17-13(10-21-18(20)22-17)12-6-2-3-7-14(12)19/h2-3,6-7,10,15H,4-5,8-9,11H2,1H3,(H2,20,21,22)/t15-/m0/s1. The number of carbonyl (C=O) groups excluding carboxylic acids is 1. The second kappa shape index (κ2) is 7.57. The molecule has 0 unspecified atom stereocenters. The van der Waals surface area contributed by atoms with E-state index in [1.54, 1.807) is 23.1 Å². The van der Waals surface area contributed by atoms with Crippen LogP contribution in [0.4, 0.5) is 10.3 Å². The molecule has 1 saturated heterocycles. The molecule has 2 aromatic rings. The molecule has 132 valence electrons. The van der Waals surface area contributed by atoms with Gasteiger partial charge in [0.2, 0.25) is 11.9 Å². The first kappa shape index (κ1) is 17.3. The predicted molar refractivity (Wildman–Crippen MR) is 92.0 cm³/mol. The Kier molecular flexibility index (Phi) is 5.23. The Labute approximate surface area is 145 Å². The van der Waals surface area contributed by atoms with Crippen molar-refractivity contribution in [1.82, 2.24) is 14.9 Å². The fraction of sp³-hybridized carbons (Fsp3) is 0.389. The van der Waals surface area contributed by atoms with Crippen molar-refractivity contribution in [1.29, 1.82) is 0 Å². The van der Waals surface area contributed by atoms with Crippen LogP contribution in [0.5, 0.6) is 0 Å². The topological polar surface area (TPSA) is 81.3 Å². The van der Waals surface area contributed by atoms with E-state index in [4.69, 9.17) is 10.5 Å². The summed E-state index contributed by atoms with van der Waals surface area (Å²) in [5, 5.41) is 0. The van der Waals surface area contributed by atoms with Crippen LogP contribution in [0.3, 0.4) is 0 Å². The Morgan fingerprint density at radius 2 is 2.16 bits per heavy atom. The number of amides is 1. The minimum Gasteiger partial charge on any atom is -0.375 e. The molecule has 2 heterocycles. The van der Waals surface area contributed by atoms with Crippen molar-refractivity contribution in [2.45, 2.75) is 25.3 Å². The Bertz CT molecular complexity index is 768.